The van der Waals surface area contributed by atoms with Gasteiger partial charge < -0.3 is 10.8 Å². The molecule has 0 radical (unpaired) electrons. The molecular formula is C14H26N2O4. The van der Waals surface area contributed by atoms with Gasteiger partial charge in [-0.1, -0.05) is 13.8 Å². The largest absolute Gasteiger partial charge is 0.480 e. The smallest absolute Gasteiger partial charge is 0.326 e. The van der Waals surface area contributed by atoms with Crippen LogP contribution in [0.1, 0.15) is 58.8 Å². The third-order valence-electron chi connectivity index (χ3n) is 2.99. The molecule has 0 rings (SSSR count). The number of imide groups is 1. The number of carbonyl (C=O) groups is 3. The summed E-state index contributed by atoms with van der Waals surface area (Å²) in [4.78, 5) is 36.4. The van der Waals surface area contributed by atoms with Crippen molar-refractivity contribution in [2.24, 2.45) is 5.73 Å². The molecule has 2 amide bonds. The molecule has 116 valence electrons. The average molecular weight is 286 g/mol. The van der Waals surface area contributed by atoms with Crippen molar-refractivity contribution in [3.8, 4) is 0 Å². The lowest BCUT2D eigenvalue weighted by Crippen LogP contribution is -2.48. The van der Waals surface area contributed by atoms with Crippen molar-refractivity contribution in [3.05, 3.63) is 0 Å². The molecule has 0 aliphatic carbocycles. The number of hydrogen-bond donors (Lipinski definition) is 2. The van der Waals surface area contributed by atoms with Gasteiger partial charge in [0, 0.05) is 12.8 Å². The van der Waals surface area contributed by atoms with E-state index >= 15 is 0 Å². The molecule has 6 heteroatoms. The van der Waals surface area contributed by atoms with Gasteiger partial charge in [-0.05, 0) is 38.6 Å². The number of rotatable bonds is 10. The second kappa shape index (κ2) is 10.4. The number of hydrogen-bond acceptors (Lipinski definition) is 4. The fourth-order valence-corrected chi connectivity index (χ4v) is 2.00. The first-order valence-corrected chi connectivity index (χ1v) is 7.27. The van der Waals surface area contributed by atoms with Crippen molar-refractivity contribution in [1.82, 2.24) is 4.90 Å². The molecule has 0 spiro atoms. The van der Waals surface area contributed by atoms with Gasteiger partial charge >= 0.3 is 5.97 Å². The first-order valence-electron chi connectivity index (χ1n) is 7.27. The van der Waals surface area contributed by atoms with Crippen molar-refractivity contribution in [1.29, 1.82) is 0 Å². The molecule has 0 heterocycles. The molecule has 3 N–H and O–H groups in total. The summed E-state index contributed by atoms with van der Waals surface area (Å²) < 4.78 is 0. The second-order valence-corrected chi connectivity index (χ2v) is 4.80. The van der Waals surface area contributed by atoms with E-state index in [-0.39, 0.29) is 19.3 Å². The lowest BCUT2D eigenvalue weighted by Gasteiger charge is -2.27. The number of carboxylic acids is 1. The number of nitrogens with zero attached hydrogens (tertiary/aromatic N) is 1. The van der Waals surface area contributed by atoms with Gasteiger partial charge in [0.2, 0.25) is 11.8 Å². The summed E-state index contributed by atoms with van der Waals surface area (Å²) in [5.41, 5.74) is 5.39. The van der Waals surface area contributed by atoms with Gasteiger partial charge in [-0.2, -0.15) is 0 Å². The van der Waals surface area contributed by atoms with Gasteiger partial charge in [0.1, 0.15) is 6.04 Å². The Bertz CT molecular complexity index is 313. The van der Waals surface area contributed by atoms with Crippen LogP contribution in [0.2, 0.25) is 0 Å². The molecule has 0 aromatic carbocycles. The van der Waals surface area contributed by atoms with E-state index in [1.807, 2.05) is 13.8 Å². The maximum Gasteiger partial charge on any atom is 0.326 e. The number of nitrogens with two attached hydrogens (primary N) is 1. The molecule has 1 atom stereocenters. The Hall–Kier alpha value is -1.43. The average Bonchev–Trinajstić information content (AvgIpc) is 2.38. The summed E-state index contributed by atoms with van der Waals surface area (Å²) in [7, 11) is 0. The van der Waals surface area contributed by atoms with Crippen molar-refractivity contribution in [3.63, 3.8) is 0 Å². The molecular weight excluding hydrogens is 260 g/mol. The molecule has 0 aromatic heterocycles. The number of unbranched alkanes of at least 4 members (excludes halogenated alkanes) is 1. The van der Waals surface area contributed by atoms with Gasteiger partial charge in [-0.3, -0.25) is 14.5 Å². The van der Waals surface area contributed by atoms with Crippen molar-refractivity contribution >= 4 is 17.8 Å². The standard InChI is InChI=1S/C14H26N2O4/c1-3-7-12(17)16(13(18)8-4-2)11(14(19)20)9-5-6-10-15/h11H,3-10,15H2,1-2H3,(H,19,20). The molecule has 0 saturated heterocycles. The zero-order chi connectivity index (χ0) is 15.5. The topological polar surface area (TPSA) is 101 Å². The summed E-state index contributed by atoms with van der Waals surface area (Å²) in [5, 5.41) is 9.30. The molecule has 0 saturated carbocycles. The molecule has 20 heavy (non-hydrogen) atoms. The summed E-state index contributed by atoms with van der Waals surface area (Å²) >= 11 is 0. The summed E-state index contributed by atoms with van der Waals surface area (Å²) in [6.45, 7) is 4.12. The highest BCUT2D eigenvalue weighted by Crippen LogP contribution is 2.14. The monoisotopic (exact) mass is 286 g/mol. The van der Waals surface area contributed by atoms with Crippen LogP contribution >= 0.6 is 0 Å². The van der Waals surface area contributed by atoms with Gasteiger partial charge in [0.05, 0.1) is 0 Å². The fraction of sp³-hybridized carbons (Fsp3) is 0.786. The first kappa shape index (κ1) is 18.6. The highest BCUT2D eigenvalue weighted by molar-refractivity contribution is 5.99. The highest BCUT2D eigenvalue weighted by atomic mass is 16.4. The maximum atomic E-state index is 12.1. The third-order valence-corrected chi connectivity index (χ3v) is 2.99. The van der Waals surface area contributed by atoms with Crippen LogP contribution in [0.25, 0.3) is 0 Å². The lowest BCUT2D eigenvalue weighted by atomic mass is 10.1. The van der Waals surface area contributed by atoms with E-state index in [4.69, 9.17) is 5.73 Å². The Kier molecular flexibility index (Phi) is 9.63. The van der Waals surface area contributed by atoms with Crippen molar-refractivity contribution in [2.75, 3.05) is 6.54 Å². The zero-order valence-corrected chi connectivity index (χ0v) is 12.4. The predicted molar refractivity (Wildman–Crippen MR) is 76.0 cm³/mol. The summed E-state index contributed by atoms with van der Waals surface area (Å²) in [5.74, 6) is -1.92. The summed E-state index contributed by atoms with van der Waals surface area (Å²) in [6.07, 6.45) is 3.09. The van der Waals surface area contributed by atoms with Gasteiger partial charge in [0.25, 0.3) is 0 Å². The SMILES string of the molecule is CCCC(=O)N(C(=O)CCC)C(CCCCN)C(=O)O. The lowest BCUT2D eigenvalue weighted by molar-refractivity contribution is -0.158. The Morgan fingerprint density at radius 3 is 1.90 bits per heavy atom. The van der Waals surface area contributed by atoms with E-state index in [0.29, 0.717) is 32.2 Å². The van der Waals surface area contributed by atoms with E-state index in [0.717, 1.165) is 4.90 Å². The molecule has 0 aliphatic rings. The van der Waals surface area contributed by atoms with Crippen LogP contribution in [0.4, 0.5) is 0 Å². The summed E-state index contributed by atoms with van der Waals surface area (Å²) in [6, 6.07) is -1.07. The first-order chi connectivity index (χ1) is 9.49. The fourth-order valence-electron chi connectivity index (χ4n) is 2.00. The number of amides is 2. The van der Waals surface area contributed by atoms with Gasteiger partial charge in [-0.15, -0.1) is 0 Å². The minimum Gasteiger partial charge on any atom is -0.480 e. The van der Waals surface area contributed by atoms with Crippen molar-refractivity contribution in [2.45, 2.75) is 64.8 Å². The number of carbonyl (C=O) groups excluding carboxylic acids is 2. The minimum atomic E-state index is -1.13. The van der Waals surface area contributed by atoms with Crippen LogP contribution in [-0.4, -0.2) is 40.4 Å². The van der Waals surface area contributed by atoms with E-state index in [1.165, 1.54) is 0 Å². The van der Waals surface area contributed by atoms with Crippen LogP contribution < -0.4 is 5.73 Å². The van der Waals surface area contributed by atoms with Crippen LogP contribution in [0.3, 0.4) is 0 Å². The van der Waals surface area contributed by atoms with Crippen LogP contribution in [0.5, 0.6) is 0 Å². The van der Waals surface area contributed by atoms with Gasteiger partial charge in [0.15, 0.2) is 0 Å². The molecule has 0 bridgehead atoms. The van der Waals surface area contributed by atoms with E-state index in [1.54, 1.807) is 0 Å². The quantitative estimate of drug-likeness (QED) is 0.593. The van der Waals surface area contributed by atoms with E-state index in [2.05, 4.69) is 0 Å². The molecule has 0 aromatic rings. The maximum absolute atomic E-state index is 12.1. The Morgan fingerprint density at radius 1 is 1.05 bits per heavy atom. The molecule has 6 nitrogen and oxygen atoms in total. The van der Waals surface area contributed by atoms with Crippen LogP contribution in [0, 0.1) is 0 Å². The minimum absolute atomic E-state index is 0.191. The van der Waals surface area contributed by atoms with E-state index < -0.39 is 23.8 Å². The molecule has 0 aliphatic heterocycles. The van der Waals surface area contributed by atoms with E-state index in [9.17, 15) is 19.5 Å². The molecule has 1 unspecified atom stereocenters. The van der Waals surface area contributed by atoms with Crippen LogP contribution in [-0.2, 0) is 14.4 Å². The van der Waals surface area contributed by atoms with Gasteiger partial charge in [-0.25, -0.2) is 4.79 Å². The predicted octanol–water partition coefficient (Wildman–Crippen LogP) is 1.52. The Morgan fingerprint density at radius 2 is 1.55 bits per heavy atom. The zero-order valence-electron chi connectivity index (χ0n) is 12.4. The highest BCUT2D eigenvalue weighted by Gasteiger charge is 2.33. The third kappa shape index (κ3) is 6.14. The van der Waals surface area contributed by atoms with Crippen LogP contribution in [0.15, 0.2) is 0 Å². The Labute approximate surface area is 120 Å². The Balaban J connectivity index is 5.03. The number of carboxylic acid groups (broad SMARTS) is 1. The molecule has 0 fully saturated rings. The normalized spacial score (nSPS) is 11.9. The van der Waals surface area contributed by atoms with Crippen molar-refractivity contribution < 1.29 is 19.5 Å². The second-order valence-electron chi connectivity index (χ2n) is 4.80. The number of aliphatic carboxylic acids is 1.